The zero-order valence-electron chi connectivity index (χ0n) is 49.4. The lowest BCUT2D eigenvalue weighted by atomic mass is 9.73. The number of methoxy groups -OCH3 is 1. The minimum Gasteiger partial charge on any atom is -0.461 e. The van der Waals surface area contributed by atoms with E-state index in [1.54, 1.807) is 32.8 Å². The number of nitrogens with zero attached hydrogens (tertiary/aromatic N) is 3. The fourth-order valence-electron chi connectivity index (χ4n) is 12.6. The second-order valence-electron chi connectivity index (χ2n) is 24.3. The Morgan fingerprint density at radius 1 is 0.776 bits per heavy atom. The molecule has 5 saturated heterocycles. The Hall–Kier alpha value is -3.01. The zero-order valence-corrected chi connectivity index (χ0v) is 49.4. The highest BCUT2D eigenvalue weighted by Gasteiger charge is 2.52. The number of morpholine rings is 1. The van der Waals surface area contributed by atoms with Crippen LogP contribution in [-0.2, 0) is 66.6 Å². The van der Waals surface area contributed by atoms with Crippen LogP contribution in [0, 0.1) is 41.4 Å². The molecule has 5 aliphatic rings. The average molecular weight is 1080 g/mol. The van der Waals surface area contributed by atoms with E-state index in [1.807, 2.05) is 76.2 Å². The molecule has 19 nitrogen and oxygen atoms in total. The molecular weight excluding hydrogens is 983 g/mol. The summed E-state index contributed by atoms with van der Waals surface area (Å²) in [5.74, 6) is -5.91. The lowest BCUT2D eigenvalue weighted by molar-refractivity contribution is -0.248. The van der Waals surface area contributed by atoms with Crippen LogP contribution in [0.2, 0.25) is 0 Å². The standard InChI is InChI=1S/C57H99N3O16/c1-30(2)21-46(61)72-52-38(10)50(31(3)19-20-44-25-45(66-17)49(62)42(14)71-44)75-55(64)41(13)53(74-47-22-33(5)59(16)27-35(7)70-47)39(11)51(73-48-24-43(58-67-18)23-34(6)69-48)32(4)26-57(15,54(63)40(52)12)76-56(65)60-28-36(8)68-37(9)29-60/h30-42,44-45,47-53,62H,19-29H2,1-18H3/b58-43+/t31-,32-,33+,34+,35-,36-,37+,38-,39+,40+,41+,42+,44-,45-,47-,48-,49+,50+,51-,52+,53-,57-/m0/s1. The number of amides is 1. The summed E-state index contributed by atoms with van der Waals surface area (Å²) >= 11 is 0. The van der Waals surface area contributed by atoms with E-state index in [1.165, 1.54) is 7.11 Å². The Bertz CT molecular complexity index is 1900. The van der Waals surface area contributed by atoms with Crippen LogP contribution in [-0.4, -0.2) is 183 Å². The minimum absolute atomic E-state index is 0.0319. The molecule has 1 N–H and O–H groups in total. The van der Waals surface area contributed by atoms with Gasteiger partial charge >= 0.3 is 18.0 Å². The van der Waals surface area contributed by atoms with Crippen LogP contribution >= 0.6 is 0 Å². The molecule has 5 heterocycles. The van der Waals surface area contributed by atoms with E-state index in [0.717, 1.165) is 5.71 Å². The van der Waals surface area contributed by atoms with Gasteiger partial charge in [-0.25, -0.2) is 4.79 Å². The van der Waals surface area contributed by atoms with Gasteiger partial charge in [0.2, 0.25) is 0 Å². The summed E-state index contributed by atoms with van der Waals surface area (Å²) in [5, 5.41) is 15.1. The normalized spacial score (nSPS) is 41.9. The van der Waals surface area contributed by atoms with E-state index in [0.29, 0.717) is 45.1 Å². The molecule has 5 rings (SSSR count). The summed E-state index contributed by atoms with van der Waals surface area (Å²) in [7, 11) is 5.13. The second-order valence-corrected chi connectivity index (χ2v) is 24.3. The highest BCUT2D eigenvalue weighted by Crippen LogP contribution is 2.41. The van der Waals surface area contributed by atoms with E-state index in [-0.39, 0.29) is 74.3 Å². The van der Waals surface area contributed by atoms with Crippen molar-refractivity contribution in [2.45, 2.75) is 253 Å². The Balaban J connectivity index is 1.69. The third kappa shape index (κ3) is 17.0. The molecule has 0 bridgehead atoms. The van der Waals surface area contributed by atoms with Gasteiger partial charge in [-0.15, -0.1) is 0 Å². The topological polar surface area (TPSA) is 209 Å². The van der Waals surface area contributed by atoms with Crippen LogP contribution in [0.5, 0.6) is 0 Å². The van der Waals surface area contributed by atoms with Crippen LogP contribution in [0.1, 0.15) is 155 Å². The number of ketones is 1. The molecule has 22 atom stereocenters. The Morgan fingerprint density at radius 3 is 2.04 bits per heavy atom. The van der Waals surface area contributed by atoms with Gasteiger partial charge in [-0.2, -0.15) is 0 Å². The van der Waals surface area contributed by atoms with Crippen molar-refractivity contribution in [3.63, 3.8) is 0 Å². The van der Waals surface area contributed by atoms with Gasteiger partial charge in [0, 0.05) is 63.6 Å². The summed E-state index contributed by atoms with van der Waals surface area (Å²) in [4.78, 5) is 68.9. The molecule has 0 radical (unpaired) electrons. The number of aliphatic hydroxyl groups excluding tert-OH is 1. The van der Waals surface area contributed by atoms with Crippen molar-refractivity contribution < 1.29 is 76.5 Å². The van der Waals surface area contributed by atoms with E-state index in [2.05, 4.69) is 24.0 Å². The van der Waals surface area contributed by atoms with Crippen molar-refractivity contribution in [2.75, 3.05) is 40.9 Å². The van der Waals surface area contributed by atoms with Crippen LogP contribution in [0.25, 0.3) is 0 Å². The average Bonchev–Trinajstić information content (AvgIpc) is 3.45. The van der Waals surface area contributed by atoms with Gasteiger partial charge in [0.15, 0.2) is 24.0 Å². The molecule has 1 amide bonds. The lowest BCUT2D eigenvalue weighted by Crippen LogP contribution is -2.56. The first kappa shape index (κ1) is 63.8. The first-order valence-corrected chi connectivity index (χ1v) is 28.5. The number of carbonyl (C=O) groups excluding carboxylic acids is 4. The number of cyclic esters (lactones) is 1. The highest BCUT2D eigenvalue weighted by molar-refractivity contribution is 5.91. The highest BCUT2D eigenvalue weighted by atomic mass is 16.7. The molecule has 0 aromatic heterocycles. The number of Topliss-reactive ketones (excluding diaryl/α,β-unsaturated/α-hetero) is 1. The quantitative estimate of drug-likeness (QED) is 0.100. The summed E-state index contributed by atoms with van der Waals surface area (Å²) < 4.78 is 65.2. The van der Waals surface area contributed by atoms with Crippen LogP contribution in [0.3, 0.4) is 0 Å². The van der Waals surface area contributed by atoms with E-state index >= 15 is 9.59 Å². The predicted octanol–water partition coefficient (Wildman–Crippen LogP) is 7.74. The van der Waals surface area contributed by atoms with Crippen molar-refractivity contribution >= 4 is 29.5 Å². The largest absolute Gasteiger partial charge is 0.461 e. The number of hydrogen-bond donors (Lipinski definition) is 1. The van der Waals surface area contributed by atoms with Gasteiger partial charge in [0.1, 0.15) is 25.4 Å². The first-order chi connectivity index (χ1) is 35.6. The van der Waals surface area contributed by atoms with Gasteiger partial charge in [0.05, 0.1) is 85.6 Å². The van der Waals surface area contributed by atoms with Crippen molar-refractivity contribution in [3.8, 4) is 0 Å². The van der Waals surface area contributed by atoms with Gasteiger partial charge < -0.3 is 67.1 Å². The number of likely N-dealkylation sites (N-methyl/N-ethyl adjacent to an activating group) is 1. The molecule has 19 heteroatoms. The van der Waals surface area contributed by atoms with Gasteiger partial charge in [-0.3, -0.25) is 14.4 Å². The van der Waals surface area contributed by atoms with Crippen molar-refractivity contribution in [3.05, 3.63) is 0 Å². The molecule has 0 aromatic carbocycles. The number of oxime groups is 1. The van der Waals surface area contributed by atoms with Crippen LogP contribution in [0.4, 0.5) is 4.79 Å². The lowest BCUT2D eigenvalue weighted by Gasteiger charge is -2.45. The smallest absolute Gasteiger partial charge is 0.410 e. The second kappa shape index (κ2) is 28.4. The predicted molar refractivity (Wildman–Crippen MR) is 284 cm³/mol. The number of hydrogen-bond acceptors (Lipinski definition) is 18. The monoisotopic (exact) mass is 1080 g/mol. The van der Waals surface area contributed by atoms with E-state index in [4.69, 9.17) is 52.2 Å². The Kier molecular flexibility index (Phi) is 23.9. The van der Waals surface area contributed by atoms with E-state index < -0.39 is 114 Å². The summed E-state index contributed by atoms with van der Waals surface area (Å²) in [5.41, 5.74) is -1.07. The molecule has 5 aliphatic heterocycles. The number of rotatable bonds is 14. The third-order valence-electron chi connectivity index (χ3n) is 16.7. The maximum atomic E-state index is 15.9. The molecule has 0 spiro atoms. The number of carbonyl (C=O) groups is 4. The molecule has 438 valence electrons. The van der Waals surface area contributed by atoms with Crippen molar-refractivity contribution in [1.82, 2.24) is 9.80 Å². The molecule has 0 aromatic rings. The Labute approximate surface area is 454 Å². The number of aliphatic hydroxyl groups is 1. The van der Waals surface area contributed by atoms with Crippen molar-refractivity contribution in [2.24, 2.45) is 46.6 Å². The summed E-state index contributed by atoms with van der Waals surface area (Å²) in [6.07, 6.45) is -6.06. The van der Waals surface area contributed by atoms with Gasteiger partial charge in [0.25, 0.3) is 0 Å². The van der Waals surface area contributed by atoms with E-state index in [9.17, 15) is 14.7 Å². The molecule has 0 saturated carbocycles. The molecular formula is C57H99N3O16. The summed E-state index contributed by atoms with van der Waals surface area (Å²) in [6, 6.07) is 0.0773. The number of ether oxygens (including phenoxy) is 10. The SMILES string of the molecule is CO/N=C1/C[C@H](O[C@@H]2[C@@H](C)[C@H](O[C@H]3C[C@@H](C)N(C)C[C@H](C)O3)[C@@H](C)C(=O)O[C@H]([C@@H](C)CC[C@H]3C[C@H](OC)[C@H](O)[C@@H](C)O3)[C@H](C)[C@@H](OC(=O)CC(C)C)[C@@H](C)C(=O)[C@@](C)(OC(=O)N3C[C@@H](C)O[C@@H](C)C3)C[C@@H]2C)O[C@H](C)C1. The number of esters is 2. The Morgan fingerprint density at radius 2 is 1.41 bits per heavy atom. The molecule has 0 unspecified atom stereocenters. The van der Waals surface area contributed by atoms with Crippen molar-refractivity contribution in [1.29, 1.82) is 0 Å². The summed E-state index contributed by atoms with van der Waals surface area (Å²) in [6.45, 7) is 29.6. The molecule has 5 fully saturated rings. The fourth-order valence-corrected chi connectivity index (χ4v) is 12.6. The zero-order chi connectivity index (χ0) is 56.5. The third-order valence-corrected chi connectivity index (χ3v) is 16.7. The maximum absolute atomic E-state index is 15.9. The molecule has 76 heavy (non-hydrogen) atoms. The van der Waals surface area contributed by atoms with Gasteiger partial charge in [-0.1, -0.05) is 53.6 Å². The van der Waals surface area contributed by atoms with Crippen LogP contribution in [0.15, 0.2) is 5.16 Å². The van der Waals surface area contributed by atoms with Crippen LogP contribution < -0.4 is 0 Å². The fraction of sp³-hybridized carbons (Fsp3) is 0.912. The first-order valence-electron chi connectivity index (χ1n) is 28.5. The minimum atomic E-state index is -1.82. The maximum Gasteiger partial charge on any atom is 0.410 e. The van der Waals surface area contributed by atoms with Gasteiger partial charge in [-0.05, 0) is 99.5 Å². The molecule has 0 aliphatic carbocycles.